The highest BCUT2D eigenvalue weighted by molar-refractivity contribution is 7.99. The van der Waals surface area contributed by atoms with Gasteiger partial charge < -0.3 is 5.32 Å². The molecule has 4 rings (SSSR count). The van der Waals surface area contributed by atoms with Gasteiger partial charge in [-0.25, -0.2) is 14.4 Å². The minimum Gasteiger partial charge on any atom is -0.323 e. The molecule has 0 spiro atoms. The predicted octanol–water partition coefficient (Wildman–Crippen LogP) is 3.46. The maximum Gasteiger partial charge on any atom is 0.234 e. The molecule has 2 aromatic heterocycles. The lowest BCUT2D eigenvalue weighted by Crippen LogP contribution is -2.15. The van der Waals surface area contributed by atoms with E-state index in [4.69, 9.17) is 0 Å². The van der Waals surface area contributed by atoms with Gasteiger partial charge in [-0.2, -0.15) is 4.52 Å². The van der Waals surface area contributed by atoms with Gasteiger partial charge in [0.15, 0.2) is 10.8 Å². The Labute approximate surface area is 152 Å². The van der Waals surface area contributed by atoms with Gasteiger partial charge in [0, 0.05) is 5.39 Å². The molecular formula is C18H14FN5OS. The van der Waals surface area contributed by atoms with Crippen molar-refractivity contribution in [2.45, 2.75) is 12.1 Å². The number of fused-ring (bicyclic) bond motifs is 3. The van der Waals surface area contributed by atoms with Gasteiger partial charge in [0.2, 0.25) is 5.91 Å². The number of thioether (sulfide) groups is 1. The summed E-state index contributed by atoms with van der Waals surface area (Å²) < 4.78 is 15.3. The molecule has 0 saturated carbocycles. The van der Waals surface area contributed by atoms with E-state index >= 15 is 0 Å². The molecule has 0 unspecified atom stereocenters. The first kappa shape index (κ1) is 16.5. The molecule has 1 N–H and O–H groups in total. The summed E-state index contributed by atoms with van der Waals surface area (Å²) in [5.74, 6) is -0.0851. The molecular weight excluding hydrogens is 353 g/mol. The van der Waals surface area contributed by atoms with Crippen molar-refractivity contribution in [3.63, 3.8) is 0 Å². The highest BCUT2D eigenvalue weighted by Gasteiger charge is 2.14. The molecule has 1 amide bonds. The molecule has 0 atom stereocenters. The molecule has 26 heavy (non-hydrogen) atoms. The third kappa shape index (κ3) is 3.11. The Morgan fingerprint density at radius 3 is 2.77 bits per heavy atom. The summed E-state index contributed by atoms with van der Waals surface area (Å²) in [6, 6.07) is 13.7. The van der Waals surface area contributed by atoms with Crippen molar-refractivity contribution in [1.82, 2.24) is 19.6 Å². The Bertz CT molecular complexity index is 1130. The summed E-state index contributed by atoms with van der Waals surface area (Å²) in [5, 5.41) is 8.39. The third-order valence-electron chi connectivity index (χ3n) is 3.74. The molecule has 8 heteroatoms. The number of anilines is 1. The van der Waals surface area contributed by atoms with Crippen molar-refractivity contribution in [2.24, 2.45) is 0 Å². The van der Waals surface area contributed by atoms with Crippen molar-refractivity contribution in [2.75, 3.05) is 11.1 Å². The van der Waals surface area contributed by atoms with E-state index < -0.39 is 5.82 Å². The number of hydrogen-bond acceptors (Lipinski definition) is 5. The van der Waals surface area contributed by atoms with Crippen molar-refractivity contribution < 1.29 is 9.18 Å². The summed E-state index contributed by atoms with van der Waals surface area (Å²) in [6.45, 7) is 1.81. The number of aryl methyl sites for hydroxylation is 1. The number of amides is 1. The topological polar surface area (TPSA) is 72.2 Å². The Morgan fingerprint density at radius 2 is 1.92 bits per heavy atom. The first-order valence-electron chi connectivity index (χ1n) is 7.91. The molecule has 0 fully saturated rings. The smallest absolute Gasteiger partial charge is 0.234 e. The highest BCUT2D eigenvalue weighted by Crippen LogP contribution is 2.24. The van der Waals surface area contributed by atoms with E-state index in [1.165, 1.54) is 23.9 Å². The van der Waals surface area contributed by atoms with E-state index in [0.29, 0.717) is 16.6 Å². The van der Waals surface area contributed by atoms with Crippen LogP contribution in [-0.4, -0.2) is 31.2 Å². The number of rotatable bonds is 4. The normalized spacial score (nSPS) is 11.2. The van der Waals surface area contributed by atoms with Crippen LogP contribution >= 0.6 is 11.8 Å². The van der Waals surface area contributed by atoms with Crippen LogP contribution in [0.3, 0.4) is 0 Å². The fourth-order valence-electron chi connectivity index (χ4n) is 2.61. The minimum absolute atomic E-state index is 0.0771. The van der Waals surface area contributed by atoms with Crippen LogP contribution in [0.2, 0.25) is 0 Å². The minimum atomic E-state index is -0.469. The number of nitrogens with zero attached hydrogens (tertiary/aromatic N) is 4. The molecule has 2 aromatic carbocycles. The highest BCUT2D eigenvalue weighted by atomic mass is 32.2. The molecule has 0 aliphatic rings. The monoisotopic (exact) mass is 367 g/mol. The van der Waals surface area contributed by atoms with Crippen molar-refractivity contribution in [3.05, 3.63) is 60.2 Å². The van der Waals surface area contributed by atoms with Gasteiger partial charge in [0.1, 0.15) is 11.6 Å². The number of benzene rings is 2. The van der Waals surface area contributed by atoms with Gasteiger partial charge in [-0.3, -0.25) is 4.79 Å². The standard InChI is InChI=1S/C18H14FN5OS/c1-11-20-17-12-6-2-4-8-14(12)22-18(24(17)23-11)26-10-16(25)21-15-9-5-3-7-13(15)19/h2-9H,10H2,1H3,(H,21,25). The van der Waals surface area contributed by atoms with E-state index in [0.717, 1.165) is 10.9 Å². The van der Waals surface area contributed by atoms with E-state index in [-0.39, 0.29) is 17.3 Å². The van der Waals surface area contributed by atoms with Gasteiger partial charge in [-0.1, -0.05) is 36.0 Å². The molecule has 0 bridgehead atoms. The largest absolute Gasteiger partial charge is 0.323 e. The second-order valence-electron chi connectivity index (χ2n) is 5.62. The molecule has 6 nitrogen and oxygen atoms in total. The van der Waals surface area contributed by atoms with Crippen LogP contribution in [-0.2, 0) is 4.79 Å². The zero-order chi connectivity index (χ0) is 18.1. The number of carbonyl (C=O) groups excluding carboxylic acids is 1. The predicted molar refractivity (Wildman–Crippen MR) is 98.8 cm³/mol. The Balaban J connectivity index is 1.60. The van der Waals surface area contributed by atoms with Crippen LogP contribution in [0.5, 0.6) is 0 Å². The number of carbonyl (C=O) groups is 1. The summed E-state index contributed by atoms with van der Waals surface area (Å²) in [7, 11) is 0. The zero-order valence-corrected chi connectivity index (χ0v) is 14.6. The van der Waals surface area contributed by atoms with E-state index in [1.54, 1.807) is 23.6 Å². The average Bonchev–Trinajstić information content (AvgIpc) is 3.03. The quantitative estimate of drug-likeness (QED) is 0.442. The average molecular weight is 367 g/mol. The van der Waals surface area contributed by atoms with Gasteiger partial charge >= 0.3 is 0 Å². The Morgan fingerprint density at radius 1 is 1.15 bits per heavy atom. The maximum absolute atomic E-state index is 13.6. The van der Waals surface area contributed by atoms with Crippen LogP contribution in [0.4, 0.5) is 10.1 Å². The lowest BCUT2D eigenvalue weighted by molar-refractivity contribution is -0.113. The van der Waals surface area contributed by atoms with E-state index in [1.807, 2.05) is 24.3 Å². The maximum atomic E-state index is 13.6. The second kappa shape index (κ2) is 6.72. The fourth-order valence-corrected chi connectivity index (χ4v) is 3.35. The lowest BCUT2D eigenvalue weighted by Gasteiger charge is -2.07. The van der Waals surface area contributed by atoms with Gasteiger partial charge in [0.05, 0.1) is 17.0 Å². The summed E-state index contributed by atoms with van der Waals surface area (Å²) in [4.78, 5) is 21.2. The molecule has 0 aliphatic heterocycles. The van der Waals surface area contributed by atoms with Crippen LogP contribution in [0, 0.1) is 12.7 Å². The second-order valence-corrected chi connectivity index (χ2v) is 6.57. The molecule has 0 radical (unpaired) electrons. The molecule has 0 aliphatic carbocycles. The van der Waals surface area contributed by atoms with Crippen molar-refractivity contribution in [3.8, 4) is 0 Å². The molecule has 2 heterocycles. The number of hydrogen-bond donors (Lipinski definition) is 1. The zero-order valence-electron chi connectivity index (χ0n) is 13.8. The lowest BCUT2D eigenvalue weighted by atomic mass is 10.2. The number of nitrogens with one attached hydrogen (secondary N) is 1. The van der Waals surface area contributed by atoms with Gasteiger partial charge in [-0.05, 0) is 31.2 Å². The molecule has 130 valence electrons. The summed E-state index contributed by atoms with van der Waals surface area (Å²) in [6.07, 6.45) is 0. The van der Waals surface area contributed by atoms with Crippen molar-refractivity contribution in [1.29, 1.82) is 0 Å². The fraction of sp³-hybridized carbons (Fsp3) is 0.111. The third-order valence-corrected chi connectivity index (χ3v) is 4.66. The molecule has 0 saturated heterocycles. The van der Waals surface area contributed by atoms with Crippen LogP contribution < -0.4 is 5.32 Å². The van der Waals surface area contributed by atoms with E-state index in [9.17, 15) is 9.18 Å². The first-order chi connectivity index (χ1) is 12.6. The van der Waals surface area contributed by atoms with Crippen LogP contribution in [0.25, 0.3) is 16.6 Å². The molecule has 4 aromatic rings. The van der Waals surface area contributed by atoms with Crippen LogP contribution in [0.1, 0.15) is 5.82 Å². The Kier molecular flexibility index (Phi) is 4.26. The summed E-state index contributed by atoms with van der Waals surface area (Å²) >= 11 is 1.23. The SMILES string of the molecule is Cc1nc2c3ccccc3nc(SCC(=O)Nc3ccccc3F)n2n1. The number of para-hydroxylation sites is 2. The van der Waals surface area contributed by atoms with E-state index in [2.05, 4.69) is 20.4 Å². The number of aromatic nitrogens is 4. The van der Waals surface area contributed by atoms with Crippen molar-refractivity contribution >= 4 is 39.9 Å². The van der Waals surface area contributed by atoms with Gasteiger partial charge in [0.25, 0.3) is 0 Å². The number of halogens is 1. The van der Waals surface area contributed by atoms with Gasteiger partial charge in [-0.15, -0.1) is 5.10 Å². The first-order valence-corrected chi connectivity index (χ1v) is 8.90. The Hall–Kier alpha value is -3.00. The summed E-state index contributed by atoms with van der Waals surface area (Å²) in [5.41, 5.74) is 1.64. The van der Waals surface area contributed by atoms with Crippen LogP contribution in [0.15, 0.2) is 53.7 Å².